The van der Waals surface area contributed by atoms with E-state index in [1.165, 1.54) is 24.3 Å². The van der Waals surface area contributed by atoms with E-state index in [2.05, 4.69) is 15.5 Å². The van der Waals surface area contributed by atoms with Gasteiger partial charge in [-0.1, -0.05) is 12.1 Å². The van der Waals surface area contributed by atoms with Gasteiger partial charge >= 0.3 is 5.97 Å². The minimum atomic E-state index is -0.976. The zero-order valence-electron chi connectivity index (χ0n) is 11.9. The molecule has 1 heterocycles. The van der Waals surface area contributed by atoms with E-state index in [1.807, 2.05) is 0 Å². The number of nitrogens with zero attached hydrogens (tertiary/aromatic N) is 2. The highest BCUT2D eigenvalue weighted by Gasteiger charge is 2.04. The molecule has 0 bridgehead atoms. The molecule has 0 radical (unpaired) electrons. The highest BCUT2D eigenvalue weighted by atomic mass is 19.1. The lowest BCUT2D eigenvalue weighted by atomic mass is 10.1. The number of anilines is 2. The molecule has 0 aliphatic rings. The first-order chi connectivity index (χ1) is 11.1. The highest BCUT2D eigenvalue weighted by molar-refractivity contribution is 5.88. The van der Waals surface area contributed by atoms with Crippen LogP contribution in [0.15, 0.2) is 60.7 Å². The van der Waals surface area contributed by atoms with Crippen molar-refractivity contribution in [2.45, 2.75) is 0 Å². The fourth-order valence-corrected chi connectivity index (χ4v) is 2.04. The first-order valence-electron chi connectivity index (χ1n) is 6.82. The van der Waals surface area contributed by atoms with Gasteiger partial charge in [0.05, 0.1) is 11.3 Å². The molecule has 0 aliphatic heterocycles. The Morgan fingerprint density at radius 3 is 2.39 bits per heavy atom. The summed E-state index contributed by atoms with van der Waals surface area (Å²) in [6, 6.07) is 15.9. The maximum atomic E-state index is 13.2. The lowest BCUT2D eigenvalue weighted by Crippen LogP contribution is -1.98. The topological polar surface area (TPSA) is 75.1 Å². The Morgan fingerprint density at radius 1 is 1.00 bits per heavy atom. The second kappa shape index (κ2) is 6.23. The molecule has 2 aromatic carbocycles. The SMILES string of the molecule is O=C(O)c1ccc(Nc2ccc(-c3cccc(F)c3)nn2)cc1. The van der Waals surface area contributed by atoms with Crippen LogP contribution in [0.5, 0.6) is 0 Å². The zero-order valence-corrected chi connectivity index (χ0v) is 11.9. The van der Waals surface area contributed by atoms with Gasteiger partial charge in [-0.15, -0.1) is 10.2 Å². The van der Waals surface area contributed by atoms with Gasteiger partial charge in [0.25, 0.3) is 0 Å². The van der Waals surface area contributed by atoms with Crippen LogP contribution in [-0.2, 0) is 0 Å². The predicted octanol–water partition coefficient (Wildman–Crippen LogP) is 3.72. The molecule has 5 nitrogen and oxygen atoms in total. The van der Waals surface area contributed by atoms with E-state index in [1.54, 1.807) is 36.4 Å². The quantitative estimate of drug-likeness (QED) is 0.768. The molecular formula is C17H12FN3O2. The van der Waals surface area contributed by atoms with Gasteiger partial charge in [0.2, 0.25) is 0 Å². The first-order valence-corrected chi connectivity index (χ1v) is 6.82. The molecule has 0 atom stereocenters. The van der Waals surface area contributed by atoms with Gasteiger partial charge in [0.1, 0.15) is 5.82 Å². The van der Waals surface area contributed by atoms with E-state index in [-0.39, 0.29) is 11.4 Å². The summed E-state index contributed by atoms with van der Waals surface area (Å²) < 4.78 is 13.2. The Kier molecular flexibility index (Phi) is 3.97. The van der Waals surface area contributed by atoms with E-state index < -0.39 is 5.97 Å². The standard InChI is InChI=1S/C17H12FN3O2/c18-13-3-1-2-12(10-13)15-8-9-16(21-20-15)19-14-6-4-11(5-7-14)17(22)23/h1-10H,(H,19,21)(H,22,23). The summed E-state index contributed by atoms with van der Waals surface area (Å²) in [5.74, 6) is -0.797. The average Bonchev–Trinajstić information content (AvgIpc) is 2.56. The van der Waals surface area contributed by atoms with Gasteiger partial charge in [0.15, 0.2) is 5.82 Å². The van der Waals surface area contributed by atoms with Crippen LogP contribution in [0.2, 0.25) is 0 Å². The number of halogens is 1. The molecule has 0 saturated heterocycles. The normalized spacial score (nSPS) is 10.3. The van der Waals surface area contributed by atoms with E-state index in [4.69, 9.17) is 5.11 Å². The van der Waals surface area contributed by atoms with Crippen molar-refractivity contribution in [2.24, 2.45) is 0 Å². The monoisotopic (exact) mass is 309 g/mol. The average molecular weight is 309 g/mol. The van der Waals surface area contributed by atoms with Gasteiger partial charge in [-0.2, -0.15) is 0 Å². The Morgan fingerprint density at radius 2 is 1.78 bits per heavy atom. The van der Waals surface area contributed by atoms with E-state index in [0.717, 1.165) is 0 Å². The van der Waals surface area contributed by atoms with Crippen molar-refractivity contribution in [3.63, 3.8) is 0 Å². The van der Waals surface area contributed by atoms with Crippen LogP contribution < -0.4 is 5.32 Å². The molecule has 1 aromatic heterocycles. The molecule has 3 aromatic rings. The van der Waals surface area contributed by atoms with Crippen molar-refractivity contribution >= 4 is 17.5 Å². The van der Waals surface area contributed by atoms with Crippen LogP contribution in [0, 0.1) is 5.82 Å². The number of aromatic carboxylic acids is 1. The molecule has 2 N–H and O–H groups in total. The predicted molar refractivity (Wildman–Crippen MR) is 84.1 cm³/mol. The molecule has 0 unspecified atom stereocenters. The molecular weight excluding hydrogens is 297 g/mol. The van der Waals surface area contributed by atoms with Crippen molar-refractivity contribution in [1.29, 1.82) is 0 Å². The lowest BCUT2D eigenvalue weighted by Gasteiger charge is -2.06. The summed E-state index contributed by atoms with van der Waals surface area (Å²) in [4.78, 5) is 10.8. The largest absolute Gasteiger partial charge is 0.478 e. The molecule has 23 heavy (non-hydrogen) atoms. The Balaban J connectivity index is 1.76. The van der Waals surface area contributed by atoms with Crippen molar-refractivity contribution < 1.29 is 14.3 Å². The van der Waals surface area contributed by atoms with Crippen molar-refractivity contribution in [3.8, 4) is 11.3 Å². The highest BCUT2D eigenvalue weighted by Crippen LogP contribution is 2.20. The number of carboxylic acid groups (broad SMARTS) is 1. The van der Waals surface area contributed by atoms with Crippen LogP contribution in [0.1, 0.15) is 10.4 Å². The third-order valence-electron chi connectivity index (χ3n) is 3.19. The summed E-state index contributed by atoms with van der Waals surface area (Å²) in [7, 11) is 0. The van der Waals surface area contributed by atoms with E-state index in [0.29, 0.717) is 22.8 Å². The Labute approximate surface area is 131 Å². The van der Waals surface area contributed by atoms with Gasteiger partial charge in [-0.25, -0.2) is 9.18 Å². The molecule has 114 valence electrons. The van der Waals surface area contributed by atoms with E-state index in [9.17, 15) is 9.18 Å². The molecule has 6 heteroatoms. The van der Waals surface area contributed by atoms with Crippen molar-refractivity contribution in [2.75, 3.05) is 5.32 Å². The molecule has 0 aliphatic carbocycles. The second-order valence-electron chi connectivity index (χ2n) is 4.82. The number of carboxylic acids is 1. The number of hydrogen-bond donors (Lipinski definition) is 2. The minimum absolute atomic E-state index is 0.211. The molecule has 3 rings (SSSR count). The maximum absolute atomic E-state index is 13.2. The first kappa shape index (κ1) is 14.6. The maximum Gasteiger partial charge on any atom is 0.335 e. The number of aromatic nitrogens is 2. The summed E-state index contributed by atoms with van der Waals surface area (Å²) in [5.41, 5.74) is 2.12. The molecule has 0 fully saturated rings. The number of benzene rings is 2. The zero-order chi connectivity index (χ0) is 16.2. The second-order valence-corrected chi connectivity index (χ2v) is 4.82. The van der Waals surface area contributed by atoms with E-state index >= 15 is 0 Å². The number of carbonyl (C=O) groups is 1. The Hall–Kier alpha value is -3.28. The van der Waals surface area contributed by atoms with Gasteiger partial charge in [0, 0.05) is 11.3 Å². The minimum Gasteiger partial charge on any atom is -0.478 e. The molecule has 0 spiro atoms. The molecule has 0 amide bonds. The Bertz CT molecular complexity index is 833. The van der Waals surface area contributed by atoms with Crippen LogP contribution in [0.4, 0.5) is 15.9 Å². The number of nitrogens with one attached hydrogen (secondary N) is 1. The fraction of sp³-hybridized carbons (Fsp3) is 0. The lowest BCUT2D eigenvalue weighted by molar-refractivity contribution is 0.0697. The van der Waals surface area contributed by atoms with Gasteiger partial charge in [-0.05, 0) is 48.5 Å². The summed E-state index contributed by atoms with van der Waals surface area (Å²) in [6.45, 7) is 0. The van der Waals surface area contributed by atoms with Crippen molar-refractivity contribution in [3.05, 3.63) is 72.0 Å². The molecule has 0 saturated carbocycles. The van der Waals surface area contributed by atoms with Crippen LogP contribution in [-0.4, -0.2) is 21.3 Å². The van der Waals surface area contributed by atoms with Crippen LogP contribution in [0.3, 0.4) is 0 Å². The fourth-order valence-electron chi connectivity index (χ4n) is 2.04. The van der Waals surface area contributed by atoms with Crippen LogP contribution in [0.25, 0.3) is 11.3 Å². The van der Waals surface area contributed by atoms with Gasteiger partial charge < -0.3 is 10.4 Å². The number of rotatable bonds is 4. The summed E-state index contributed by atoms with van der Waals surface area (Å²) in [5, 5.41) is 20.0. The smallest absolute Gasteiger partial charge is 0.335 e. The summed E-state index contributed by atoms with van der Waals surface area (Å²) >= 11 is 0. The van der Waals surface area contributed by atoms with Crippen LogP contribution >= 0.6 is 0 Å². The van der Waals surface area contributed by atoms with Gasteiger partial charge in [-0.3, -0.25) is 0 Å². The van der Waals surface area contributed by atoms with Crippen molar-refractivity contribution in [1.82, 2.24) is 10.2 Å². The summed E-state index contributed by atoms with van der Waals surface area (Å²) in [6.07, 6.45) is 0. The number of hydrogen-bond acceptors (Lipinski definition) is 4. The third kappa shape index (κ3) is 3.49. The third-order valence-corrected chi connectivity index (χ3v) is 3.19.